The molecule has 1 aliphatic carbocycles. The predicted molar refractivity (Wildman–Crippen MR) is 136 cm³/mol. The van der Waals surface area contributed by atoms with E-state index in [9.17, 15) is 9.59 Å². The van der Waals surface area contributed by atoms with Crippen LogP contribution in [0, 0.1) is 5.92 Å². The number of carbonyl (C=O) groups excluding carboxylic acids is 2. The molecule has 6 heteroatoms. The van der Waals surface area contributed by atoms with Gasteiger partial charge in [0.1, 0.15) is 0 Å². The molecule has 2 aliphatic rings. The summed E-state index contributed by atoms with van der Waals surface area (Å²) in [4.78, 5) is 28.2. The van der Waals surface area contributed by atoms with Crippen LogP contribution in [0.1, 0.15) is 55.4 Å². The molecule has 1 heterocycles. The zero-order valence-corrected chi connectivity index (χ0v) is 20.8. The van der Waals surface area contributed by atoms with E-state index in [2.05, 4.69) is 54.5 Å². The fourth-order valence-corrected chi connectivity index (χ4v) is 5.04. The third-order valence-corrected chi connectivity index (χ3v) is 7.01. The first-order valence-electron chi connectivity index (χ1n) is 12.6. The van der Waals surface area contributed by atoms with E-state index in [-0.39, 0.29) is 24.9 Å². The van der Waals surface area contributed by atoms with Crippen molar-refractivity contribution >= 4 is 17.5 Å². The number of carbonyl (C=O) groups is 2. The fourth-order valence-electron chi connectivity index (χ4n) is 5.04. The molecule has 0 aromatic heterocycles. The highest BCUT2D eigenvalue weighted by Crippen LogP contribution is 2.31. The van der Waals surface area contributed by atoms with Crippen LogP contribution >= 0.6 is 0 Å². The smallest absolute Gasteiger partial charge is 0.256 e. The lowest BCUT2D eigenvalue weighted by atomic mass is 10.1. The Kier molecular flexibility index (Phi) is 7.88. The summed E-state index contributed by atoms with van der Waals surface area (Å²) < 4.78 is 0. The zero-order chi connectivity index (χ0) is 24.1. The summed E-state index contributed by atoms with van der Waals surface area (Å²) in [5.74, 6) is 0.601. The van der Waals surface area contributed by atoms with Gasteiger partial charge in [-0.3, -0.25) is 14.6 Å². The second-order valence-corrected chi connectivity index (χ2v) is 10.0. The van der Waals surface area contributed by atoms with Crippen LogP contribution in [-0.4, -0.2) is 48.5 Å². The zero-order valence-electron chi connectivity index (χ0n) is 20.8. The summed E-state index contributed by atoms with van der Waals surface area (Å²) in [5, 5.41) is 6.87. The van der Waals surface area contributed by atoms with Gasteiger partial charge >= 0.3 is 0 Å². The van der Waals surface area contributed by atoms with E-state index in [0.29, 0.717) is 12.5 Å². The number of benzene rings is 2. The first-order valence-corrected chi connectivity index (χ1v) is 12.6. The van der Waals surface area contributed by atoms with Crippen molar-refractivity contribution in [2.45, 2.75) is 59.0 Å². The Hall–Kier alpha value is -2.86. The van der Waals surface area contributed by atoms with Crippen LogP contribution in [0.25, 0.3) is 0 Å². The molecular formula is C28H38N4O2. The highest BCUT2D eigenvalue weighted by molar-refractivity contribution is 5.87. The largest absolute Gasteiger partial charge is 0.355 e. The van der Waals surface area contributed by atoms with Gasteiger partial charge in [-0.1, -0.05) is 50.2 Å². The number of hydrogen-bond acceptors (Lipinski definition) is 4. The number of rotatable bonds is 10. The fraction of sp³-hybridized carbons (Fsp3) is 0.500. The van der Waals surface area contributed by atoms with Crippen molar-refractivity contribution in [3.8, 4) is 0 Å². The molecule has 0 spiro atoms. The van der Waals surface area contributed by atoms with Gasteiger partial charge < -0.3 is 10.2 Å². The average Bonchev–Trinajstić information content (AvgIpc) is 3.47. The van der Waals surface area contributed by atoms with Crippen LogP contribution in [0.4, 0.5) is 5.69 Å². The summed E-state index contributed by atoms with van der Waals surface area (Å²) in [6.07, 6.45) is 5.27. The topological polar surface area (TPSA) is 55.9 Å². The molecule has 0 unspecified atom stereocenters. The van der Waals surface area contributed by atoms with E-state index in [0.717, 1.165) is 50.9 Å². The van der Waals surface area contributed by atoms with Crippen molar-refractivity contribution in [1.29, 1.82) is 0 Å². The van der Waals surface area contributed by atoms with E-state index >= 15 is 0 Å². The van der Waals surface area contributed by atoms with Crippen LogP contribution in [0.5, 0.6) is 0 Å². The molecule has 182 valence electrons. The minimum atomic E-state index is -0.0246. The maximum absolute atomic E-state index is 13.4. The van der Waals surface area contributed by atoms with Gasteiger partial charge in [-0.15, -0.1) is 0 Å². The number of aryl methyl sites for hydroxylation is 1. The molecule has 6 nitrogen and oxygen atoms in total. The number of nitrogens with one attached hydrogen (secondary N) is 1. The van der Waals surface area contributed by atoms with Crippen LogP contribution in [0.2, 0.25) is 0 Å². The van der Waals surface area contributed by atoms with E-state index in [1.807, 2.05) is 24.1 Å². The molecule has 1 N–H and O–H groups in total. The van der Waals surface area contributed by atoms with Crippen molar-refractivity contribution in [3.63, 3.8) is 0 Å². The predicted octanol–water partition coefficient (Wildman–Crippen LogP) is 3.92. The second-order valence-electron chi connectivity index (χ2n) is 10.0. The molecule has 2 amide bonds. The molecule has 4 rings (SSSR count). The van der Waals surface area contributed by atoms with Crippen molar-refractivity contribution in [1.82, 2.24) is 15.3 Å². The lowest BCUT2D eigenvalue weighted by molar-refractivity contribution is -0.145. The number of likely N-dealkylation sites (N-methyl/N-ethyl adjacent to an activating group) is 1. The second kappa shape index (κ2) is 11.0. The number of hydrogen-bond donors (Lipinski definition) is 1. The number of amides is 2. The SMILES string of the molecule is CC(C)CCCNC(=O)CN(CC(=O)N(C)N1Cc2ccccc2C1)c1cccc2c1CCC2. The Morgan fingerprint density at radius 2 is 1.68 bits per heavy atom. The Labute approximate surface area is 203 Å². The number of nitrogens with zero attached hydrogens (tertiary/aromatic N) is 3. The summed E-state index contributed by atoms with van der Waals surface area (Å²) >= 11 is 0. The van der Waals surface area contributed by atoms with Crippen molar-refractivity contribution < 1.29 is 9.59 Å². The van der Waals surface area contributed by atoms with Crippen LogP contribution in [0.15, 0.2) is 42.5 Å². The highest BCUT2D eigenvalue weighted by Gasteiger charge is 2.28. The van der Waals surface area contributed by atoms with Gasteiger partial charge in [0, 0.05) is 32.4 Å². The molecule has 0 atom stereocenters. The molecule has 0 saturated heterocycles. The number of hydrazine groups is 1. The Bertz CT molecular complexity index is 994. The van der Waals surface area contributed by atoms with E-state index in [1.165, 1.54) is 22.3 Å². The number of fused-ring (bicyclic) bond motifs is 2. The summed E-state index contributed by atoms with van der Waals surface area (Å²) in [6, 6.07) is 14.6. The van der Waals surface area contributed by atoms with E-state index in [1.54, 1.807) is 5.01 Å². The molecule has 0 bridgehead atoms. The molecule has 2 aromatic carbocycles. The quantitative estimate of drug-likeness (QED) is 0.544. The van der Waals surface area contributed by atoms with Gasteiger partial charge in [-0.2, -0.15) is 0 Å². The molecule has 0 fully saturated rings. The normalized spacial score (nSPS) is 14.7. The minimum Gasteiger partial charge on any atom is -0.355 e. The molecule has 2 aromatic rings. The molecular weight excluding hydrogens is 424 g/mol. The molecule has 1 aliphatic heterocycles. The van der Waals surface area contributed by atoms with Gasteiger partial charge in [0.15, 0.2) is 0 Å². The van der Waals surface area contributed by atoms with Gasteiger partial charge in [0.2, 0.25) is 5.91 Å². The first-order chi connectivity index (χ1) is 16.4. The van der Waals surface area contributed by atoms with Crippen LogP contribution in [-0.2, 0) is 35.5 Å². The van der Waals surface area contributed by atoms with Crippen LogP contribution in [0.3, 0.4) is 0 Å². The Balaban J connectivity index is 1.44. The van der Waals surface area contributed by atoms with E-state index < -0.39 is 0 Å². The first kappa shape index (κ1) is 24.3. The van der Waals surface area contributed by atoms with Gasteiger partial charge in [-0.25, -0.2) is 5.01 Å². The summed E-state index contributed by atoms with van der Waals surface area (Å²) in [7, 11) is 1.84. The number of anilines is 1. The maximum Gasteiger partial charge on any atom is 0.256 e. The molecule has 0 saturated carbocycles. The van der Waals surface area contributed by atoms with E-state index in [4.69, 9.17) is 0 Å². The van der Waals surface area contributed by atoms with Crippen molar-refractivity contribution in [2.24, 2.45) is 5.92 Å². The maximum atomic E-state index is 13.4. The lowest BCUT2D eigenvalue weighted by Gasteiger charge is -2.32. The van der Waals surface area contributed by atoms with Crippen molar-refractivity contribution in [2.75, 3.05) is 31.6 Å². The standard InChI is InChI=1S/C28H38N4O2/c1-21(2)9-8-16-29-27(33)19-31(26-15-7-13-22-12-6-14-25(22)26)20-28(34)30(3)32-17-23-10-4-5-11-24(23)18-32/h4-5,7,10-11,13,15,21H,6,8-9,12,14,16-20H2,1-3H3,(H,29,33). The minimum absolute atomic E-state index is 0.00369. The highest BCUT2D eigenvalue weighted by atomic mass is 16.2. The summed E-state index contributed by atoms with van der Waals surface area (Å²) in [5.41, 5.74) is 6.19. The average molecular weight is 463 g/mol. The third-order valence-electron chi connectivity index (χ3n) is 7.01. The molecule has 0 radical (unpaired) electrons. The van der Waals surface area contributed by atoms with Gasteiger partial charge in [-0.05, 0) is 66.3 Å². The van der Waals surface area contributed by atoms with Gasteiger partial charge in [0.05, 0.1) is 13.1 Å². The molecule has 34 heavy (non-hydrogen) atoms. The third kappa shape index (κ3) is 5.79. The van der Waals surface area contributed by atoms with Crippen LogP contribution < -0.4 is 10.2 Å². The van der Waals surface area contributed by atoms with Crippen molar-refractivity contribution in [3.05, 3.63) is 64.7 Å². The van der Waals surface area contributed by atoms with Gasteiger partial charge in [0.25, 0.3) is 5.91 Å². The monoisotopic (exact) mass is 462 g/mol. The Morgan fingerprint density at radius 3 is 2.38 bits per heavy atom. The Morgan fingerprint density at radius 1 is 0.971 bits per heavy atom. The lowest BCUT2D eigenvalue weighted by Crippen LogP contribution is -2.48. The summed E-state index contributed by atoms with van der Waals surface area (Å²) in [6.45, 7) is 6.90.